The Labute approximate surface area is 139 Å². The first-order chi connectivity index (χ1) is 11.6. The highest BCUT2D eigenvalue weighted by Gasteiger charge is 2.25. The number of nitrogens with zero attached hydrogens (tertiary/aromatic N) is 2. The number of carbonyl (C=O) groups is 2. The Morgan fingerprint density at radius 2 is 1.79 bits per heavy atom. The Balaban J connectivity index is 1.68. The summed E-state index contributed by atoms with van der Waals surface area (Å²) in [5.41, 5.74) is 8.92. The molecule has 2 amide bonds. The van der Waals surface area contributed by atoms with Crippen LogP contribution in [-0.2, 0) is 17.8 Å². The summed E-state index contributed by atoms with van der Waals surface area (Å²) in [5.74, 6) is -0.472. The summed E-state index contributed by atoms with van der Waals surface area (Å²) in [6.07, 6.45) is 2.55. The molecule has 1 aromatic heterocycles. The lowest BCUT2D eigenvalue weighted by Crippen LogP contribution is -2.32. The summed E-state index contributed by atoms with van der Waals surface area (Å²) in [6, 6.07) is 15.5. The molecule has 24 heavy (non-hydrogen) atoms. The van der Waals surface area contributed by atoms with Gasteiger partial charge in [-0.25, -0.2) is 0 Å². The lowest BCUT2D eigenvalue weighted by atomic mass is 10.2. The second-order valence-electron chi connectivity index (χ2n) is 5.98. The van der Waals surface area contributed by atoms with Crippen molar-refractivity contribution in [3.63, 3.8) is 0 Å². The Morgan fingerprint density at radius 3 is 2.62 bits per heavy atom. The van der Waals surface area contributed by atoms with Crippen molar-refractivity contribution in [3.05, 3.63) is 65.9 Å². The van der Waals surface area contributed by atoms with Gasteiger partial charge < -0.3 is 15.2 Å². The molecule has 1 aliphatic rings. The quantitative estimate of drug-likeness (QED) is 0.805. The molecule has 5 heteroatoms. The SMILES string of the molecule is NC(=O)c1cn(CC(=O)N2CCc3ccccc32)c2ccccc12. The lowest BCUT2D eigenvalue weighted by molar-refractivity contribution is -0.119. The molecule has 0 spiro atoms. The number of aromatic nitrogens is 1. The fourth-order valence-corrected chi connectivity index (χ4v) is 3.40. The average Bonchev–Trinajstić information content (AvgIpc) is 3.17. The molecule has 4 rings (SSSR count). The van der Waals surface area contributed by atoms with Crippen molar-refractivity contribution in [1.82, 2.24) is 4.57 Å². The van der Waals surface area contributed by atoms with E-state index in [0.717, 1.165) is 23.0 Å². The number of amides is 2. The van der Waals surface area contributed by atoms with Crippen molar-refractivity contribution in [3.8, 4) is 0 Å². The van der Waals surface area contributed by atoms with Crippen LogP contribution in [0.5, 0.6) is 0 Å². The fraction of sp³-hybridized carbons (Fsp3) is 0.158. The highest BCUT2D eigenvalue weighted by molar-refractivity contribution is 6.06. The molecule has 5 nitrogen and oxygen atoms in total. The molecule has 0 radical (unpaired) electrons. The largest absolute Gasteiger partial charge is 0.366 e. The van der Waals surface area contributed by atoms with Gasteiger partial charge in [-0.15, -0.1) is 0 Å². The van der Waals surface area contributed by atoms with Gasteiger partial charge in [0.1, 0.15) is 6.54 Å². The van der Waals surface area contributed by atoms with E-state index in [0.29, 0.717) is 12.1 Å². The molecule has 0 saturated carbocycles. The van der Waals surface area contributed by atoms with Crippen molar-refractivity contribution < 1.29 is 9.59 Å². The van der Waals surface area contributed by atoms with Crippen molar-refractivity contribution in [1.29, 1.82) is 0 Å². The molecule has 2 aromatic carbocycles. The van der Waals surface area contributed by atoms with E-state index in [2.05, 4.69) is 6.07 Å². The first kappa shape index (κ1) is 14.5. The summed E-state index contributed by atoms with van der Waals surface area (Å²) >= 11 is 0. The average molecular weight is 319 g/mol. The maximum atomic E-state index is 12.8. The van der Waals surface area contributed by atoms with E-state index >= 15 is 0 Å². The summed E-state index contributed by atoms with van der Waals surface area (Å²) < 4.78 is 1.80. The van der Waals surface area contributed by atoms with Crippen LogP contribution in [0, 0.1) is 0 Å². The molecule has 2 heterocycles. The van der Waals surface area contributed by atoms with Crippen LogP contribution in [0.4, 0.5) is 5.69 Å². The summed E-state index contributed by atoms with van der Waals surface area (Å²) in [7, 11) is 0. The number of rotatable bonds is 3. The highest BCUT2D eigenvalue weighted by Crippen LogP contribution is 2.28. The van der Waals surface area contributed by atoms with Gasteiger partial charge in [-0.3, -0.25) is 9.59 Å². The number of hydrogen-bond acceptors (Lipinski definition) is 2. The van der Waals surface area contributed by atoms with Crippen LogP contribution in [0.2, 0.25) is 0 Å². The molecular formula is C19H17N3O2. The van der Waals surface area contributed by atoms with E-state index in [1.165, 1.54) is 5.56 Å². The molecule has 0 saturated heterocycles. The maximum Gasteiger partial charge on any atom is 0.250 e. The third kappa shape index (κ3) is 2.25. The highest BCUT2D eigenvalue weighted by atomic mass is 16.2. The minimum Gasteiger partial charge on any atom is -0.366 e. The Kier molecular flexibility index (Phi) is 3.34. The van der Waals surface area contributed by atoms with E-state index < -0.39 is 5.91 Å². The maximum absolute atomic E-state index is 12.8. The number of anilines is 1. The van der Waals surface area contributed by atoms with Gasteiger partial charge in [0.25, 0.3) is 5.91 Å². The Bertz CT molecular complexity index is 958. The van der Waals surface area contributed by atoms with E-state index in [4.69, 9.17) is 5.73 Å². The van der Waals surface area contributed by atoms with Gasteiger partial charge in [0, 0.05) is 29.3 Å². The van der Waals surface area contributed by atoms with Crippen LogP contribution in [0.3, 0.4) is 0 Å². The van der Waals surface area contributed by atoms with Crippen LogP contribution in [0.15, 0.2) is 54.7 Å². The van der Waals surface area contributed by atoms with Crippen molar-refractivity contribution in [2.24, 2.45) is 5.73 Å². The second-order valence-corrected chi connectivity index (χ2v) is 5.98. The number of benzene rings is 2. The normalized spacial score (nSPS) is 13.2. The molecular weight excluding hydrogens is 302 g/mol. The predicted octanol–water partition coefficient (Wildman–Crippen LogP) is 2.33. The second kappa shape index (κ2) is 5.53. The number of para-hydroxylation sites is 2. The lowest BCUT2D eigenvalue weighted by Gasteiger charge is -2.18. The number of fused-ring (bicyclic) bond motifs is 2. The zero-order valence-electron chi connectivity index (χ0n) is 13.1. The summed E-state index contributed by atoms with van der Waals surface area (Å²) in [6.45, 7) is 0.877. The van der Waals surface area contributed by atoms with Crippen molar-refractivity contribution in [2.45, 2.75) is 13.0 Å². The Morgan fingerprint density at radius 1 is 1.04 bits per heavy atom. The van der Waals surface area contributed by atoms with E-state index in [1.54, 1.807) is 10.8 Å². The molecule has 0 atom stereocenters. The third-order valence-electron chi connectivity index (χ3n) is 4.55. The first-order valence-electron chi connectivity index (χ1n) is 7.91. The molecule has 0 unspecified atom stereocenters. The smallest absolute Gasteiger partial charge is 0.250 e. The zero-order chi connectivity index (χ0) is 16.7. The van der Waals surface area contributed by atoms with E-state index in [1.807, 2.05) is 47.4 Å². The monoisotopic (exact) mass is 319 g/mol. The van der Waals surface area contributed by atoms with E-state index in [-0.39, 0.29) is 12.5 Å². The molecule has 0 fully saturated rings. The van der Waals surface area contributed by atoms with Crippen LogP contribution in [0.25, 0.3) is 10.9 Å². The van der Waals surface area contributed by atoms with Crippen LogP contribution >= 0.6 is 0 Å². The molecule has 0 aliphatic carbocycles. The standard InChI is InChI=1S/C19H17N3O2/c20-19(24)15-11-21(17-8-4-2-6-14(15)17)12-18(23)22-10-9-13-5-1-3-7-16(13)22/h1-8,11H,9-10,12H2,(H2,20,24). The summed E-state index contributed by atoms with van der Waals surface area (Å²) in [5, 5.41) is 0.777. The topological polar surface area (TPSA) is 68.3 Å². The molecule has 1 aliphatic heterocycles. The fourth-order valence-electron chi connectivity index (χ4n) is 3.40. The van der Waals surface area contributed by atoms with Crippen LogP contribution < -0.4 is 10.6 Å². The third-order valence-corrected chi connectivity index (χ3v) is 4.55. The number of carbonyl (C=O) groups excluding carboxylic acids is 2. The van der Waals surface area contributed by atoms with Crippen molar-refractivity contribution >= 4 is 28.4 Å². The molecule has 3 aromatic rings. The van der Waals surface area contributed by atoms with Gasteiger partial charge in [0.15, 0.2) is 0 Å². The molecule has 120 valence electrons. The van der Waals surface area contributed by atoms with Gasteiger partial charge in [0.05, 0.1) is 5.56 Å². The number of primary amides is 1. The zero-order valence-corrected chi connectivity index (χ0v) is 13.1. The Hall–Kier alpha value is -3.08. The van der Waals surface area contributed by atoms with Gasteiger partial charge in [-0.05, 0) is 24.1 Å². The molecule has 2 N–H and O–H groups in total. The van der Waals surface area contributed by atoms with Gasteiger partial charge in [0.2, 0.25) is 5.91 Å². The minimum atomic E-state index is -0.482. The van der Waals surface area contributed by atoms with Gasteiger partial charge >= 0.3 is 0 Å². The predicted molar refractivity (Wildman–Crippen MR) is 93.0 cm³/mol. The summed E-state index contributed by atoms with van der Waals surface area (Å²) in [4.78, 5) is 26.3. The van der Waals surface area contributed by atoms with Crippen molar-refractivity contribution in [2.75, 3.05) is 11.4 Å². The van der Waals surface area contributed by atoms with Crippen LogP contribution in [0.1, 0.15) is 15.9 Å². The van der Waals surface area contributed by atoms with Gasteiger partial charge in [-0.2, -0.15) is 0 Å². The first-order valence-corrected chi connectivity index (χ1v) is 7.91. The van der Waals surface area contributed by atoms with Gasteiger partial charge in [-0.1, -0.05) is 36.4 Å². The number of hydrogen-bond donors (Lipinski definition) is 1. The van der Waals surface area contributed by atoms with Crippen LogP contribution in [-0.4, -0.2) is 22.9 Å². The number of nitrogens with two attached hydrogens (primary N) is 1. The molecule has 0 bridgehead atoms. The minimum absolute atomic E-state index is 0.0109. The van der Waals surface area contributed by atoms with E-state index in [9.17, 15) is 9.59 Å².